The number of hydrogen-bond acceptors (Lipinski definition) is 2. The first-order chi connectivity index (χ1) is 6.29. The predicted molar refractivity (Wildman–Crippen MR) is 53.9 cm³/mol. The Labute approximate surface area is 81.6 Å². The number of rotatable bonds is 1. The van der Waals surface area contributed by atoms with E-state index >= 15 is 0 Å². The first-order valence-electron chi connectivity index (χ1n) is 4.20. The summed E-state index contributed by atoms with van der Waals surface area (Å²) in [4.78, 5) is 8.24. The fourth-order valence-electron chi connectivity index (χ4n) is 1.24. The van der Waals surface area contributed by atoms with Crippen LogP contribution in [0, 0.1) is 0 Å². The van der Waals surface area contributed by atoms with Gasteiger partial charge in [-0.25, -0.2) is 4.98 Å². The highest BCUT2D eigenvalue weighted by Gasteiger charge is 1.97. The van der Waals surface area contributed by atoms with E-state index in [4.69, 9.17) is 11.6 Å². The van der Waals surface area contributed by atoms with Gasteiger partial charge in [0.05, 0.1) is 11.7 Å². The Hall–Kier alpha value is -1.15. The lowest BCUT2D eigenvalue weighted by Gasteiger charge is -1.99. The van der Waals surface area contributed by atoms with E-state index in [0.29, 0.717) is 5.15 Å². The van der Waals surface area contributed by atoms with Gasteiger partial charge in [-0.2, -0.15) is 0 Å². The van der Waals surface area contributed by atoms with Crippen LogP contribution in [-0.4, -0.2) is 9.97 Å². The van der Waals surface area contributed by atoms with E-state index in [9.17, 15) is 0 Å². The maximum Gasteiger partial charge on any atom is 0.129 e. The highest BCUT2D eigenvalue weighted by molar-refractivity contribution is 6.30. The molecule has 0 saturated carbocycles. The molecule has 0 atom stereocenters. The van der Waals surface area contributed by atoms with Gasteiger partial charge in [-0.1, -0.05) is 18.5 Å². The molecular weight excluding hydrogens is 184 g/mol. The number of aromatic nitrogens is 2. The minimum atomic E-state index is 0.516. The largest absolute Gasteiger partial charge is 0.254 e. The summed E-state index contributed by atoms with van der Waals surface area (Å²) in [5.41, 5.74) is 2.11. The smallest absolute Gasteiger partial charge is 0.129 e. The average Bonchev–Trinajstić information content (AvgIpc) is 2.16. The molecule has 0 bridgehead atoms. The molecule has 2 nitrogen and oxygen atoms in total. The summed E-state index contributed by atoms with van der Waals surface area (Å²) in [6.07, 6.45) is 4.55. The molecule has 0 aliphatic rings. The molecule has 0 N–H and O–H groups in total. The number of pyridine rings is 2. The Kier molecular flexibility index (Phi) is 2.15. The van der Waals surface area contributed by atoms with E-state index in [-0.39, 0.29) is 0 Å². The van der Waals surface area contributed by atoms with E-state index in [1.54, 1.807) is 6.20 Å². The summed E-state index contributed by atoms with van der Waals surface area (Å²) in [6, 6.07) is 3.93. The minimum absolute atomic E-state index is 0.516. The molecule has 0 aliphatic heterocycles. The van der Waals surface area contributed by atoms with Crippen LogP contribution in [-0.2, 0) is 6.42 Å². The second-order valence-corrected chi connectivity index (χ2v) is 3.28. The number of nitrogens with zero attached hydrogens (tertiary/aromatic N) is 2. The van der Waals surface area contributed by atoms with E-state index < -0.39 is 0 Å². The maximum absolute atomic E-state index is 5.78. The van der Waals surface area contributed by atoms with E-state index in [0.717, 1.165) is 17.3 Å². The van der Waals surface area contributed by atoms with Crippen molar-refractivity contribution in [3.8, 4) is 0 Å². The Balaban J connectivity index is 2.68. The van der Waals surface area contributed by atoms with E-state index in [2.05, 4.69) is 23.0 Å². The van der Waals surface area contributed by atoms with Crippen molar-refractivity contribution >= 4 is 22.5 Å². The van der Waals surface area contributed by atoms with Crippen molar-refractivity contribution in [2.24, 2.45) is 0 Å². The van der Waals surface area contributed by atoms with E-state index in [1.807, 2.05) is 12.3 Å². The van der Waals surface area contributed by atoms with Gasteiger partial charge < -0.3 is 0 Å². The van der Waals surface area contributed by atoms with Crippen molar-refractivity contribution in [1.82, 2.24) is 9.97 Å². The third kappa shape index (κ3) is 1.63. The first-order valence-corrected chi connectivity index (χ1v) is 4.57. The molecule has 0 saturated heterocycles. The molecule has 0 spiro atoms. The normalized spacial score (nSPS) is 10.6. The number of aryl methyl sites for hydroxylation is 1. The van der Waals surface area contributed by atoms with Crippen LogP contribution in [0.1, 0.15) is 12.5 Å². The molecule has 2 rings (SSSR count). The van der Waals surface area contributed by atoms with Crippen LogP contribution in [0.15, 0.2) is 24.5 Å². The molecule has 0 unspecified atom stereocenters. The molecule has 66 valence electrons. The van der Waals surface area contributed by atoms with Crippen LogP contribution in [0.3, 0.4) is 0 Å². The van der Waals surface area contributed by atoms with Crippen molar-refractivity contribution < 1.29 is 0 Å². The molecule has 2 heterocycles. The van der Waals surface area contributed by atoms with Crippen LogP contribution in [0.4, 0.5) is 0 Å². The summed E-state index contributed by atoms with van der Waals surface area (Å²) in [5.74, 6) is 0. The molecular formula is C10H9ClN2. The molecule has 0 radical (unpaired) electrons. The zero-order valence-corrected chi connectivity index (χ0v) is 8.04. The Morgan fingerprint density at radius 2 is 2.08 bits per heavy atom. The van der Waals surface area contributed by atoms with E-state index in [1.165, 1.54) is 5.56 Å². The summed E-state index contributed by atoms with van der Waals surface area (Å²) in [6.45, 7) is 2.10. The summed E-state index contributed by atoms with van der Waals surface area (Å²) in [7, 11) is 0. The topological polar surface area (TPSA) is 25.8 Å². The van der Waals surface area contributed by atoms with Gasteiger partial charge in [-0.3, -0.25) is 4.98 Å². The van der Waals surface area contributed by atoms with Crippen LogP contribution in [0.5, 0.6) is 0 Å². The molecule has 0 aromatic carbocycles. The van der Waals surface area contributed by atoms with Gasteiger partial charge in [0.25, 0.3) is 0 Å². The lowest BCUT2D eigenvalue weighted by atomic mass is 10.2. The maximum atomic E-state index is 5.78. The lowest BCUT2D eigenvalue weighted by Crippen LogP contribution is -1.86. The molecule has 0 fully saturated rings. The second kappa shape index (κ2) is 3.30. The van der Waals surface area contributed by atoms with Gasteiger partial charge in [0, 0.05) is 11.6 Å². The standard InChI is InChI=1S/C10H9ClN2/c1-2-7-3-8-4-10(11)13-6-9(8)12-5-7/h3-6H,2H2,1H3. The average molecular weight is 193 g/mol. The Morgan fingerprint density at radius 3 is 2.85 bits per heavy atom. The quantitative estimate of drug-likeness (QED) is 0.650. The second-order valence-electron chi connectivity index (χ2n) is 2.90. The molecule has 0 aliphatic carbocycles. The fourth-order valence-corrected chi connectivity index (χ4v) is 1.41. The van der Waals surface area contributed by atoms with Gasteiger partial charge in [0.2, 0.25) is 0 Å². The zero-order chi connectivity index (χ0) is 9.26. The number of halogens is 1. The molecule has 13 heavy (non-hydrogen) atoms. The van der Waals surface area contributed by atoms with Crippen molar-refractivity contribution in [2.45, 2.75) is 13.3 Å². The highest BCUT2D eigenvalue weighted by Crippen LogP contribution is 2.16. The fraction of sp³-hybridized carbons (Fsp3) is 0.200. The minimum Gasteiger partial charge on any atom is -0.254 e. The van der Waals surface area contributed by atoms with Gasteiger partial charge in [-0.15, -0.1) is 0 Å². The van der Waals surface area contributed by atoms with Crippen LogP contribution < -0.4 is 0 Å². The summed E-state index contributed by atoms with van der Waals surface area (Å²) < 4.78 is 0. The van der Waals surface area contributed by atoms with Gasteiger partial charge in [0.1, 0.15) is 5.15 Å². The molecule has 3 heteroatoms. The monoisotopic (exact) mass is 192 g/mol. The Bertz CT molecular complexity index is 440. The predicted octanol–water partition coefficient (Wildman–Crippen LogP) is 2.85. The number of hydrogen-bond donors (Lipinski definition) is 0. The van der Waals surface area contributed by atoms with Gasteiger partial charge >= 0.3 is 0 Å². The van der Waals surface area contributed by atoms with Crippen molar-refractivity contribution in [2.75, 3.05) is 0 Å². The highest BCUT2D eigenvalue weighted by atomic mass is 35.5. The number of fused-ring (bicyclic) bond motifs is 1. The van der Waals surface area contributed by atoms with Crippen LogP contribution >= 0.6 is 11.6 Å². The zero-order valence-electron chi connectivity index (χ0n) is 7.29. The lowest BCUT2D eigenvalue weighted by molar-refractivity contribution is 1.12. The summed E-state index contributed by atoms with van der Waals surface area (Å²) in [5, 5.41) is 1.57. The first kappa shape index (κ1) is 8.45. The van der Waals surface area contributed by atoms with Crippen LogP contribution in [0.2, 0.25) is 5.15 Å². The third-order valence-corrected chi connectivity index (χ3v) is 2.21. The van der Waals surface area contributed by atoms with Gasteiger partial charge in [0.15, 0.2) is 0 Å². The van der Waals surface area contributed by atoms with Crippen molar-refractivity contribution in [3.05, 3.63) is 35.2 Å². The SMILES string of the molecule is CCc1cnc2cnc(Cl)cc2c1. The summed E-state index contributed by atoms with van der Waals surface area (Å²) >= 11 is 5.78. The van der Waals surface area contributed by atoms with Gasteiger partial charge in [-0.05, 0) is 24.1 Å². The third-order valence-electron chi connectivity index (χ3n) is 2.00. The Morgan fingerprint density at radius 1 is 1.23 bits per heavy atom. The van der Waals surface area contributed by atoms with Crippen molar-refractivity contribution in [1.29, 1.82) is 0 Å². The van der Waals surface area contributed by atoms with Crippen LogP contribution in [0.25, 0.3) is 10.9 Å². The van der Waals surface area contributed by atoms with Crippen molar-refractivity contribution in [3.63, 3.8) is 0 Å². The molecule has 2 aromatic rings. The molecule has 0 amide bonds. The molecule has 2 aromatic heterocycles.